The molecule has 0 radical (unpaired) electrons. The van der Waals surface area contributed by atoms with Gasteiger partial charge in [-0.2, -0.15) is 0 Å². The largest absolute Gasteiger partial charge is 0.474 e. The Morgan fingerprint density at radius 2 is 2.00 bits per heavy atom. The van der Waals surface area contributed by atoms with Gasteiger partial charge in [0.15, 0.2) is 0 Å². The number of pyridine rings is 1. The Hall–Kier alpha value is -1.11. The van der Waals surface area contributed by atoms with E-state index in [4.69, 9.17) is 4.74 Å². The Bertz CT molecular complexity index is 395. The summed E-state index contributed by atoms with van der Waals surface area (Å²) in [5.74, 6) is 0.463. The van der Waals surface area contributed by atoms with Crippen LogP contribution in [0.15, 0.2) is 18.3 Å². The summed E-state index contributed by atoms with van der Waals surface area (Å²) in [4.78, 5) is 16.2. The van der Waals surface area contributed by atoms with E-state index in [1.165, 1.54) is 12.3 Å². The van der Waals surface area contributed by atoms with Crippen LogP contribution < -0.4 is 4.74 Å². The zero-order chi connectivity index (χ0) is 12.3. The fourth-order valence-electron chi connectivity index (χ4n) is 1.82. The second-order valence-electron chi connectivity index (χ2n) is 4.23. The molecule has 1 aromatic rings. The molecule has 108 valence electrons. The molecule has 1 fully saturated rings. The van der Waals surface area contributed by atoms with Crippen LogP contribution in [0.3, 0.4) is 0 Å². The third kappa shape index (κ3) is 5.18. The monoisotopic (exact) mass is 309 g/mol. The van der Waals surface area contributed by atoms with Gasteiger partial charge < -0.3 is 9.64 Å². The molecule has 0 aliphatic carbocycles. The first-order chi connectivity index (χ1) is 8.15. The topological polar surface area (TPSA) is 68.5 Å². The zero-order valence-corrected chi connectivity index (χ0v) is 12.2. The van der Waals surface area contributed by atoms with Crippen LogP contribution in [0.4, 0.5) is 5.69 Å². The Morgan fingerprint density at radius 1 is 1.37 bits per heavy atom. The number of likely N-dealkylation sites (tertiary alicyclic amines) is 1. The standard InChI is InChI=1S/C11H15N3O3.2ClH/c1-13-6-4-10(5-7-13)17-11-3-2-9(8-12-11)14(15)16;;/h2-3,8,10H,4-7H2,1H3;2*1H. The molecule has 0 atom stereocenters. The summed E-state index contributed by atoms with van der Waals surface area (Å²) in [5.41, 5.74) is -0.0132. The van der Waals surface area contributed by atoms with E-state index in [0.717, 1.165) is 25.9 Å². The van der Waals surface area contributed by atoms with Gasteiger partial charge in [-0.15, -0.1) is 24.8 Å². The quantitative estimate of drug-likeness (QED) is 0.633. The lowest BCUT2D eigenvalue weighted by atomic mass is 10.1. The number of ether oxygens (including phenoxy) is 1. The summed E-state index contributed by atoms with van der Waals surface area (Å²) in [5, 5.41) is 10.5. The van der Waals surface area contributed by atoms with Gasteiger partial charge in [-0.05, 0) is 19.9 Å². The minimum absolute atomic E-state index is 0. The lowest BCUT2D eigenvalue weighted by Crippen LogP contribution is -2.35. The van der Waals surface area contributed by atoms with Crippen LogP contribution >= 0.6 is 24.8 Å². The van der Waals surface area contributed by atoms with Crippen molar-refractivity contribution in [3.63, 3.8) is 0 Å². The predicted octanol–water partition coefficient (Wildman–Crippen LogP) is 2.31. The molecule has 1 aliphatic heterocycles. The van der Waals surface area contributed by atoms with E-state index in [9.17, 15) is 10.1 Å². The second-order valence-corrected chi connectivity index (χ2v) is 4.23. The van der Waals surface area contributed by atoms with Gasteiger partial charge in [0.1, 0.15) is 12.3 Å². The Morgan fingerprint density at radius 3 is 2.47 bits per heavy atom. The molecule has 8 heteroatoms. The molecule has 1 aliphatic rings. The summed E-state index contributed by atoms with van der Waals surface area (Å²) in [6.45, 7) is 2.02. The summed E-state index contributed by atoms with van der Waals surface area (Å²) >= 11 is 0. The molecule has 6 nitrogen and oxygen atoms in total. The van der Waals surface area contributed by atoms with Gasteiger partial charge >= 0.3 is 0 Å². The average Bonchev–Trinajstić information content (AvgIpc) is 2.33. The molecule has 0 unspecified atom stereocenters. The van der Waals surface area contributed by atoms with Crippen molar-refractivity contribution in [3.8, 4) is 5.88 Å². The number of nitro groups is 1. The van der Waals surface area contributed by atoms with Crippen molar-refractivity contribution in [1.82, 2.24) is 9.88 Å². The van der Waals surface area contributed by atoms with Gasteiger partial charge in [0.25, 0.3) is 5.69 Å². The fraction of sp³-hybridized carbons (Fsp3) is 0.545. The highest BCUT2D eigenvalue weighted by molar-refractivity contribution is 5.85. The Balaban J connectivity index is 0.00000162. The van der Waals surface area contributed by atoms with Crippen LogP contribution in [0, 0.1) is 10.1 Å². The maximum atomic E-state index is 10.5. The second kappa shape index (κ2) is 8.14. The average molecular weight is 310 g/mol. The maximum absolute atomic E-state index is 10.5. The molecule has 0 spiro atoms. The summed E-state index contributed by atoms with van der Waals surface area (Å²) in [6.07, 6.45) is 3.33. The lowest BCUT2D eigenvalue weighted by molar-refractivity contribution is -0.385. The molecule has 0 aromatic carbocycles. The summed E-state index contributed by atoms with van der Waals surface area (Å²) in [6, 6.07) is 2.97. The maximum Gasteiger partial charge on any atom is 0.287 e. The molecule has 0 N–H and O–H groups in total. The van der Waals surface area contributed by atoms with Crippen LogP contribution in [0.5, 0.6) is 5.88 Å². The SMILES string of the molecule is CN1CCC(Oc2ccc([N+](=O)[O-])cn2)CC1.Cl.Cl. The third-order valence-electron chi connectivity index (χ3n) is 2.88. The van der Waals surface area contributed by atoms with Crippen molar-refractivity contribution >= 4 is 30.5 Å². The van der Waals surface area contributed by atoms with Gasteiger partial charge in [-0.3, -0.25) is 10.1 Å². The van der Waals surface area contributed by atoms with Crippen LogP contribution in [0.25, 0.3) is 0 Å². The van der Waals surface area contributed by atoms with E-state index in [2.05, 4.69) is 16.9 Å². The molecule has 2 heterocycles. The molecule has 1 saturated heterocycles. The predicted molar refractivity (Wildman–Crippen MR) is 76.5 cm³/mol. The highest BCUT2D eigenvalue weighted by Gasteiger charge is 2.18. The van der Waals surface area contributed by atoms with Crippen molar-refractivity contribution in [2.45, 2.75) is 18.9 Å². The van der Waals surface area contributed by atoms with Gasteiger partial charge in [-0.1, -0.05) is 0 Å². The highest BCUT2D eigenvalue weighted by atomic mass is 35.5. The van der Waals surface area contributed by atoms with Crippen molar-refractivity contribution in [2.75, 3.05) is 20.1 Å². The minimum Gasteiger partial charge on any atom is -0.474 e. The molecule has 0 bridgehead atoms. The number of piperidine rings is 1. The van der Waals surface area contributed by atoms with Crippen LogP contribution in [0.2, 0.25) is 0 Å². The van der Waals surface area contributed by atoms with Gasteiger partial charge in [0.05, 0.1) is 4.92 Å². The van der Waals surface area contributed by atoms with Crippen LogP contribution in [-0.4, -0.2) is 41.0 Å². The first kappa shape index (κ1) is 17.9. The Labute approximate surface area is 124 Å². The van der Waals surface area contributed by atoms with E-state index in [1.54, 1.807) is 6.07 Å². The highest BCUT2D eigenvalue weighted by Crippen LogP contribution is 2.18. The smallest absolute Gasteiger partial charge is 0.287 e. The molecule has 0 saturated carbocycles. The van der Waals surface area contributed by atoms with Crippen molar-refractivity contribution in [1.29, 1.82) is 0 Å². The van der Waals surface area contributed by atoms with E-state index in [1.807, 2.05) is 0 Å². The Kier molecular flexibility index (Phi) is 7.66. The van der Waals surface area contributed by atoms with E-state index in [-0.39, 0.29) is 36.6 Å². The number of hydrogen-bond donors (Lipinski definition) is 0. The van der Waals surface area contributed by atoms with Crippen LogP contribution in [-0.2, 0) is 0 Å². The van der Waals surface area contributed by atoms with Gasteiger partial charge in [0.2, 0.25) is 5.88 Å². The van der Waals surface area contributed by atoms with Gasteiger partial charge in [-0.25, -0.2) is 4.98 Å². The molecule has 0 amide bonds. The zero-order valence-electron chi connectivity index (χ0n) is 10.5. The van der Waals surface area contributed by atoms with Gasteiger partial charge in [0, 0.05) is 25.2 Å². The molecular weight excluding hydrogens is 293 g/mol. The molecule has 19 heavy (non-hydrogen) atoms. The number of hydrogen-bond acceptors (Lipinski definition) is 5. The third-order valence-corrected chi connectivity index (χ3v) is 2.88. The molecular formula is C11H17Cl2N3O3. The first-order valence-electron chi connectivity index (χ1n) is 5.61. The first-order valence-corrected chi connectivity index (χ1v) is 5.61. The lowest BCUT2D eigenvalue weighted by Gasteiger charge is -2.28. The van der Waals surface area contributed by atoms with E-state index in [0.29, 0.717) is 5.88 Å². The minimum atomic E-state index is -0.466. The normalized spacial score (nSPS) is 16.1. The van der Waals surface area contributed by atoms with Crippen molar-refractivity contribution in [2.24, 2.45) is 0 Å². The number of halogens is 2. The van der Waals surface area contributed by atoms with Crippen molar-refractivity contribution < 1.29 is 9.66 Å². The van der Waals surface area contributed by atoms with E-state index >= 15 is 0 Å². The molecule has 1 aromatic heterocycles. The van der Waals surface area contributed by atoms with Crippen LogP contribution in [0.1, 0.15) is 12.8 Å². The summed E-state index contributed by atoms with van der Waals surface area (Å²) < 4.78 is 5.68. The summed E-state index contributed by atoms with van der Waals surface area (Å²) in [7, 11) is 2.08. The molecule has 2 rings (SSSR count). The number of rotatable bonds is 3. The van der Waals surface area contributed by atoms with Crippen molar-refractivity contribution in [3.05, 3.63) is 28.4 Å². The number of aromatic nitrogens is 1. The number of nitrogens with zero attached hydrogens (tertiary/aromatic N) is 3. The fourth-order valence-corrected chi connectivity index (χ4v) is 1.82. The van der Waals surface area contributed by atoms with E-state index < -0.39 is 4.92 Å².